The van der Waals surface area contributed by atoms with E-state index >= 15 is 0 Å². The Bertz CT molecular complexity index is 647. The van der Waals surface area contributed by atoms with Gasteiger partial charge in [0.1, 0.15) is 11.4 Å². The second kappa shape index (κ2) is 6.03. The fraction of sp³-hybridized carbons (Fsp3) is 0.200. The Morgan fingerprint density at radius 3 is 2.19 bits per heavy atom. The fourth-order valence-corrected chi connectivity index (χ4v) is 1.96. The SMILES string of the molecule is COc1ccc(C)cc1CNc1c(F)c(F)cc(F)c1F. The lowest BCUT2D eigenvalue weighted by molar-refractivity contribution is 0.410. The van der Waals surface area contributed by atoms with Gasteiger partial charge in [0.2, 0.25) is 0 Å². The molecule has 0 aliphatic carbocycles. The highest BCUT2D eigenvalue weighted by molar-refractivity contribution is 5.49. The Balaban J connectivity index is 2.31. The van der Waals surface area contributed by atoms with Crippen molar-refractivity contribution in [1.29, 1.82) is 0 Å². The van der Waals surface area contributed by atoms with Gasteiger partial charge in [-0.25, -0.2) is 17.6 Å². The van der Waals surface area contributed by atoms with Crippen molar-refractivity contribution in [3.63, 3.8) is 0 Å². The zero-order chi connectivity index (χ0) is 15.6. The van der Waals surface area contributed by atoms with Gasteiger partial charge in [0, 0.05) is 18.2 Å². The maximum atomic E-state index is 13.5. The maximum absolute atomic E-state index is 13.5. The number of aryl methyl sites for hydroxylation is 1. The summed E-state index contributed by atoms with van der Waals surface area (Å²) in [5, 5.41) is 2.37. The molecule has 0 aromatic heterocycles. The molecule has 0 aliphatic heterocycles. The van der Waals surface area contributed by atoms with Gasteiger partial charge in [0.15, 0.2) is 23.3 Å². The summed E-state index contributed by atoms with van der Waals surface area (Å²) < 4.78 is 58.4. The lowest BCUT2D eigenvalue weighted by Crippen LogP contribution is -2.08. The molecule has 21 heavy (non-hydrogen) atoms. The second-order valence-corrected chi connectivity index (χ2v) is 4.51. The number of rotatable bonds is 4. The zero-order valence-electron chi connectivity index (χ0n) is 11.4. The van der Waals surface area contributed by atoms with Crippen LogP contribution in [0.3, 0.4) is 0 Å². The topological polar surface area (TPSA) is 21.3 Å². The number of nitrogens with one attached hydrogen (secondary N) is 1. The normalized spacial score (nSPS) is 10.6. The molecule has 0 saturated carbocycles. The lowest BCUT2D eigenvalue weighted by Gasteiger charge is -2.13. The third-order valence-corrected chi connectivity index (χ3v) is 3.00. The minimum atomic E-state index is -1.46. The van der Waals surface area contributed by atoms with Crippen LogP contribution in [0.1, 0.15) is 11.1 Å². The molecule has 0 amide bonds. The summed E-state index contributed by atoms with van der Waals surface area (Å²) in [5.74, 6) is -5.31. The molecule has 2 aromatic rings. The summed E-state index contributed by atoms with van der Waals surface area (Å²) in [6.45, 7) is 1.80. The monoisotopic (exact) mass is 299 g/mol. The second-order valence-electron chi connectivity index (χ2n) is 4.51. The van der Waals surface area contributed by atoms with Crippen molar-refractivity contribution in [2.75, 3.05) is 12.4 Å². The minimum absolute atomic E-state index is 0.0401. The highest BCUT2D eigenvalue weighted by atomic mass is 19.2. The predicted molar refractivity (Wildman–Crippen MR) is 71.3 cm³/mol. The fourth-order valence-electron chi connectivity index (χ4n) is 1.96. The van der Waals surface area contributed by atoms with Crippen LogP contribution in [0, 0.1) is 30.2 Å². The van der Waals surface area contributed by atoms with Crippen LogP contribution in [-0.2, 0) is 6.54 Å². The molecular weight excluding hydrogens is 286 g/mol. The Hall–Kier alpha value is -2.24. The smallest absolute Gasteiger partial charge is 0.185 e. The molecule has 0 fully saturated rings. The molecule has 0 radical (unpaired) electrons. The molecule has 0 bridgehead atoms. The number of methoxy groups -OCH3 is 1. The van der Waals surface area contributed by atoms with Crippen LogP contribution >= 0.6 is 0 Å². The molecule has 2 rings (SSSR count). The summed E-state index contributed by atoms with van der Waals surface area (Å²) >= 11 is 0. The first-order chi connectivity index (χ1) is 9.93. The molecule has 1 N–H and O–H groups in total. The number of ether oxygens (including phenoxy) is 1. The van der Waals surface area contributed by atoms with Gasteiger partial charge in [-0.05, 0) is 13.0 Å². The number of halogens is 4. The van der Waals surface area contributed by atoms with E-state index in [0.717, 1.165) is 5.56 Å². The molecular formula is C15H13F4NO. The van der Waals surface area contributed by atoms with E-state index in [1.807, 2.05) is 13.0 Å². The van der Waals surface area contributed by atoms with Gasteiger partial charge in [0.05, 0.1) is 7.11 Å². The Kier molecular flexibility index (Phi) is 4.35. The van der Waals surface area contributed by atoms with Crippen LogP contribution in [0.25, 0.3) is 0 Å². The summed E-state index contributed by atoms with van der Waals surface area (Å²) in [5.41, 5.74) is 0.691. The number of hydrogen-bond donors (Lipinski definition) is 1. The van der Waals surface area contributed by atoms with Gasteiger partial charge in [-0.3, -0.25) is 0 Å². The van der Waals surface area contributed by atoms with E-state index in [9.17, 15) is 17.6 Å². The van der Waals surface area contributed by atoms with Gasteiger partial charge in [0.25, 0.3) is 0 Å². The minimum Gasteiger partial charge on any atom is -0.496 e. The highest BCUT2D eigenvalue weighted by Crippen LogP contribution is 2.26. The van der Waals surface area contributed by atoms with E-state index in [2.05, 4.69) is 5.32 Å². The largest absolute Gasteiger partial charge is 0.496 e. The van der Waals surface area contributed by atoms with Gasteiger partial charge >= 0.3 is 0 Å². The van der Waals surface area contributed by atoms with Crippen molar-refractivity contribution in [1.82, 2.24) is 0 Å². The first-order valence-electron chi connectivity index (χ1n) is 6.14. The van der Waals surface area contributed by atoms with Crippen molar-refractivity contribution in [2.45, 2.75) is 13.5 Å². The van der Waals surface area contributed by atoms with Crippen molar-refractivity contribution in [2.24, 2.45) is 0 Å². The van der Waals surface area contributed by atoms with Crippen molar-refractivity contribution in [3.05, 3.63) is 58.7 Å². The summed E-state index contributed by atoms with van der Waals surface area (Å²) in [6.07, 6.45) is 0. The van der Waals surface area contributed by atoms with E-state index in [1.165, 1.54) is 7.11 Å². The van der Waals surface area contributed by atoms with E-state index in [1.54, 1.807) is 12.1 Å². The molecule has 0 aliphatic rings. The Labute approximate surface area is 119 Å². The number of hydrogen-bond acceptors (Lipinski definition) is 2. The van der Waals surface area contributed by atoms with Crippen LogP contribution in [0.15, 0.2) is 24.3 Å². The van der Waals surface area contributed by atoms with Crippen LogP contribution in [0.4, 0.5) is 23.2 Å². The standard InChI is InChI=1S/C15H13F4NO/c1-8-3-4-12(21-2)9(5-8)7-20-15-13(18)10(16)6-11(17)14(15)19/h3-6,20H,7H2,1-2H3. The third kappa shape index (κ3) is 3.09. The number of benzene rings is 2. The van der Waals surface area contributed by atoms with Crippen LogP contribution in [0.5, 0.6) is 5.75 Å². The Morgan fingerprint density at radius 2 is 1.62 bits per heavy atom. The molecule has 0 heterocycles. The van der Waals surface area contributed by atoms with Crippen LogP contribution < -0.4 is 10.1 Å². The predicted octanol–water partition coefficient (Wildman–Crippen LogP) is 4.17. The molecule has 2 aromatic carbocycles. The molecule has 6 heteroatoms. The molecule has 0 atom stereocenters. The van der Waals surface area contributed by atoms with E-state index in [-0.39, 0.29) is 12.6 Å². The van der Waals surface area contributed by atoms with Crippen LogP contribution in [0.2, 0.25) is 0 Å². The van der Waals surface area contributed by atoms with E-state index < -0.39 is 29.0 Å². The molecule has 0 unspecified atom stereocenters. The molecule has 0 spiro atoms. The Morgan fingerprint density at radius 1 is 1.00 bits per heavy atom. The van der Waals surface area contributed by atoms with E-state index in [4.69, 9.17) is 4.74 Å². The lowest BCUT2D eigenvalue weighted by atomic mass is 10.1. The third-order valence-electron chi connectivity index (χ3n) is 3.00. The van der Waals surface area contributed by atoms with Gasteiger partial charge in [-0.15, -0.1) is 0 Å². The summed E-state index contributed by atoms with van der Waals surface area (Å²) in [4.78, 5) is 0. The first kappa shape index (κ1) is 15.2. The quantitative estimate of drug-likeness (QED) is 0.676. The summed E-state index contributed by atoms with van der Waals surface area (Å²) in [6, 6.07) is 5.43. The maximum Gasteiger partial charge on any atom is 0.185 e. The van der Waals surface area contributed by atoms with Crippen molar-refractivity contribution >= 4 is 5.69 Å². The zero-order valence-corrected chi connectivity index (χ0v) is 11.4. The summed E-state index contributed by atoms with van der Waals surface area (Å²) in [7, 11) is 1.46. The average Bonchev–Trinajstić information content (AvgIpc) is 2.45. The van der Waals surface area contributed by atoms with E-state index in [0.29, 0.717) is 11.3 Å². The van der Waals surface area contributed by atoms with Gasteiger partial charge in [-0.2, -0.15) is 0 Å². The van der Waals surface area contributed by atoms with Gasteiger partial charge in [-0.1, -0.05) is 17.7 Å². The molecule has 112 valence electrons. The van der Waals surface area contributed by atoms with Gasteiger partial charge < -0.3 is 10.1 Å². The van der Waals surface area contributed by atoms with Crippen molar-refractivity contribution in [3.8, 4) is 5.75 Å². The first-order valence-corrected chi connectivity index (χ1v) is 6.14. The highest BCUT2D eigenvalue weighted by Gasteiger charge is 2.19. The average molecular weight is 299 g/mol. The number of anilines is 1. The molecule has 0 saturated heterocycles. The van der Waals surface area contributed by atoms with Crippen molar-refractivity contribution < 1.29 is 22.3 Å². The van der Waals surface area contributed by atoms with Crippen LogP contribution in [-0.4, -0.2) is 7.11 Å². The molecule has 2 nitrogen and oxygen atoms in total.